The van der Waals surface area contributed by atoms with Crippen LogP contribution in [0.4, 0.5) is 5.69 Å². The van der Waals surface area contributed by atoms with Crippen LogP contribution < -0.4 is 9.62 Å². The van der Waals surface area contributed by atoms with Crippen LogP contribution >= 0.6 is 23.2 Å². The number of carbonyl (C=O) groups excluding carboxylic acids is 2. The molecule has 41 heavy (non-hydrogen) atoms. The molecule has 3 aromatic carbocycles. The van der Waals surface area contributed by atoms with Gasteiger partial charge < -0.3 is 10.2 Å². The van der Waals surface area contributed by atoms with E-state index in [4.69, 9.17) is 23.2 Å². The minimum atomic E-state index is -4.16. The van der Waals surface area contributed by atoms with Crippen LogP contribution in [-0.4, -0.2) is 44.3 Å². The number of amides is 2. The first kappa shape index (κ1) is 32.4. The Bertz CT molecular complexity index is 1490. The van der Waals surface area contributed by atoms with Crippen molar-refractivity contribution in [2.75, 3.05) is 17.4 Å². The lowest BCUT2D eigenvalue weighted by molar-refractivity contribution is -0.139. The topological polar surface area (TPSA) is 86.8 Å². The molecule has 0 heterocycles. The predicted molar refractivity (Wildman–Crippen MR) is 166 cm³/mol. The van der Waals surface area contributed by atoms with Crippen LogP contribution in [-0.2, 0) is 26.2 Å². The average molecular weight is 619 g/mol. The van der Waals surface area contributed by atoms with Gasteiger partial charge in [-0.1, -0.05) is 72.9 Å². The molecule has 10 heteroatoms. The van der Waals surface area contributed by atoms with Crippen molar-refractivity contribution in [1.29, 1.82) is 0 Å². The fourth-order valence-corrected chi connectivity index (χ4v) is 6.22. The lowest BCUT2D eigenvalue weighted by atomic mass is 10.1. The van der Waals surface area contributed by atoms with Crippen LogP contribution in [0.25, 0.3) is 0 Å². The summed E-state index contributed by atoms with van der Waals surface area (Å²) >= 11 is 12.9. The highest BCUT2D eigenvalue weighted by Crippen LogP contribution is 2.30. The molecule has 0 saturated heterocycles. The van der Waals surface area contributed by atoms with E-state index >= 15 is 0 Å². The number of sulfonamides is 1. The van der Waals surface area contributed by atoms with Gasteiger partial charge in [0.25, 0.3) is 10.0 Å². The monoisotopic (exact) mass is 617 g/mol. The number of nitrogens with one attached hydrogen (secondary N) is 1. The Morgan fingerprint density at radius 1 is 0.878 bits per heavy atom. The largest absolute Gasteiger partial charge is 0.354 e. The summed E-state index contributed by atoms with van der Waals surface area (Å²) in [5, 5.41) is 3.54. The molecular weight excluding hydrogens is 581 g/mol. The van der Waals surface area contributed by atoms with Gasteiger partial charge in [-0.15, -0.1) is 0 Å². The van der Waals surface area contributed by atoms with E-state index in [0.29, 0.717) is 33.4 Å². The van der Waals surface area contributed by atoms with Gasteiger partial charge >= 0.3 is 0 Å². The number of carbonyl (C=O) groups is 2. The van der Waals surface area contributed by atoms with Crippen molar-refractivity contribution in [3.63, 3.8) is 0 Å². The molecule has 0 spiro atoms. The summed E-state index contributed by atoms with van der Waals surface area (Å²) < 4.78 is 29.2. The zero-order chi connectivity index (χ0) is 30.5. The summed E-state index contributed by atoms with van der Waals surface area (Å²) in [6.45, 7) is 10.9. The van der Waals surface area contributed by atoms with E-state index in [1.807, 2.05) is 39.8 Å². The Morgan fingerprint density at radius 2 is 1.46 bits per heavy atom. The number of benzene rings is 3. The number of anilines is 1. The van der Waals surface area contributed by atoms with Gasteiger partial charge in [-0.25, -0.2) is 8.42 Å². The number of hydrogen-bond acceptors (Lipinski definition) is 4. The van der Waals surface area contributed by atoms with Gasteiger partial charge in [-0.3, -0.25) is 13.9 Å². The highest BCUT2D eigenvalue weighted by Gasteiger charge is 2.33. The molecule has 0 radical (unpaired) electrons. The Kier molecular flexibility index (Phi) is 10.9. The lowest BCUT2D eigenvalue weighted by Gasteiger charge is -2.33. The fraction of sp³-hybridized carbons (Fsp3) is 0.355. The van der Waals surface area contributed by atoms with Crippen molar-refractivity contribution < 1.29 is 18.0 Å². The summed E-state index contributed by atoms with van der Waals surface area (Å²) in [7, 11) is -4.16. The molecule has 7 nitrogen and oxygen atoms in total. The Balaban J connectivity index is 2.09. The summed E-state index contributed by atoms with van der Waals surface area (Å²) in [4.78, 5) is 28.7. The maximum atomic E-state index is 14.1. The standard InChI is InChI=1S/C31H37Cl2N3O4S/c1-20(2)17-34-31(38)24(6)35(18-26-27(32)8-7-9-28(26)33)30(37)19-36(29-16-22(4)10-13-23(29)5)41(39,40)25-14-11-21(3)12-15-25/h7-16,20,24H,17-19H2,1-6H3,(H,34,38). The maximum Gasteiger partial charge on any atom is 0.264 e. The van der Waals surface area contributed by atoms with Crippen molar-refractivity contribution in [1.82, 2.24) is 10.2 Å². The van der Waals surface area contributed by atoms with Crippen LogP contribution in [0.2, 0.25) is 10.0 Å². The number of rotatable bonds is 11. The summed E-state index contributed by atoms with van der Waals surface area (Å²) in [6.07, 6.45) is 0. The van der Waals surface area contributed by atoms with Crippen molar-refractivity contribution >= 4 is 50.7 Å². The van der Waals surface area contributed by atoms with E-state index in [1.165, 1.54) is 17.0 Å². The maximum absolute atomic E-state index is 14.1. The van der Waals surface area contributed by atoms with E-state index in [9.17, 15) is 18.0 Å². The molecule has 1 N–H and O–H groups in total. The SMILES string of the molecule is Cc1ccc(S(=O)(=O)N(CC(=O)N(Cc2c(Cl)cccc2Cl)C(C)C(=O)NCC(C)C)c2cc(C)ccc2C)cc1. The predicted octanol–water partition coefficient (Wildman–Crippen LogP) is 6.30. The van der Waals surface area contributed by atoms with E-state index in [-0.39, 0.29) is 23.3 Å². The zero-order valence-electron chi connectivity index (χ0n) is 24.2. The van der Waals surface area contributed by atoms with Gasteiger partial charge in [0, 0.05) is 28.7 Å². The first-order valence-electron chi connectivity index (χ1n) is 13.4. The molecule has 0 aliphatic rings. The Hall–Kier alpha value is -3.07. The van der Waals surface area contributed by atoms with Crippen molar-refractivity contribution in [3.05, 3.63) is 93.0 Å². The number of halogens is 2. The molecule has 1 atom stereocenters. The highest BCUT2D eigenvalue weighted by molar-refractivity contribution is 7.92. The summed E-state index contributed by atoms with van der Waals surface area (Å²) in [6, 6.07) is 16.0. The van der Waals surface area contributed by atoms with Gasteiger partial charge in [0.15, 0.2) is 0 Å². The van der Waals surface area contributed by atoms with Gasteiger partial charge in [0.1, 0.15) is 12.6 Å². The molecule has 0 aliphatic carbocycles. The zero-order valence-corrected chi connectivity index (χ0v) is 26.6. The molecule has 0 aromatic heterocycles. The third-order valence-corrected chi connectivity index (χ3v) is 9.25. The van der Waals surface area contributed by atoms with Gasteiger partial charge in [-0.05, 0) is 75.1 Å². The van der Waals surface area contributed by atoms with E-state index < -0.39 is 28.5 Å². The average Bonchev–Trinajstić information content (AvgIpc) is 2.91. The third kappa shape index (κ3) is 8.03. The molecule has 3 rings (SSSR count). The second kappa shape index (κ2) is 13.7. The normalized spacial score (nSPS) is 12.2. The van der Waals surface area contributed by atoms with Crippen LogP contribution in [0.15, 0.2) is 65.6 Å². The second-order valence-corrected chi connectivity index (χ2v) is 13.3. The second-order valence-electron chi connectivity index (χ2n) is 10.7. The Labute approximate surface area is 253 Å². The minimum absolute atomic E-state index is 0.0558. The third-order valence-electron chi connectivity index (χ3n) is 6.76. The lowest BCUT2D eigenvalue weighted by Crippen LogP contribution is -2.51. The fourth-order valence-electron chi connectivity index (χ4n) is 4.23. The number of aryl methyl sites for hydroxylation is 3. The first-order chi connectivity index (χ1) is 19.2. The van der Waals surface area contributed by atoms with Gasteiger partial charge in [-0.2, -0.15) is 0 Å². The number of hydrogen-bond donors (Lipinski definition) is 1. The van der Waals surface area contributed by atoms with Crippen LogP contribution in [0.1, 0.15) is 43.0 Å². The molecule has 0 saturated carbocycles. The highest BCUT2D eigenvalue weighted by atomic mass is 35.5. The minimum Gasteiger partial charge on any atom is -0.354 e. The van der Waals surface area contributed by atoms with Crippen LogP contribution in [0.5, 0.6) is 0 Å². The molecule has 0 fully saturated rings. The quantitative estimate of drug-likeness (QED) is 0.273. The van der Waals surface area contributed by atoms with Gasteiger partial charge in [0.2, 0.25) is 11.8 Å². The molecule has 220 valence electrons. The van der Waals surface area contributed by atoms with Gasteiger partial charge in [0.05, 0.1) is 10.6 Å². The Morgan fingerprint density at radius 3 is 2.05 bits per heavy atom. The molecule has 0 aliphatic heterocycles. The van der Waals surface area contributed by atoms with Crippen molar-refractivity contribution in [2.24, 2.45) is 5.92 Å². The van der Waals surface area contributed by atoms with Crippen molar-refractivity contribution in [3.8, 4) is 0 Å². The van der Waals surface area contributed by atoms with Crippen LogP contribution in [0.3, 0.4) is 0 Å². The summed E-state index contributed by atoms with van der Waals surface area (Å²) in [5.41, 5.74) is 3.27. The van der Waals surface area contributed by atoms with Crippen molar-refractivity contribution in [2.45, 2.75) is 59.0 Å². The molecule has 2 amide bonds. The van der Waals surface area contributed by atoms with E-state index in [0.717, 1.165) is 15.4 Å². The molecule has 0 bridgehead atoms. The van der Waals surface area contributed by atoms with E-state index in [2.05, 4.69) is 5.32 Å². The molecule has 1 unspecified atom stereocenters. The smallest absolute Gasteiger partial charge is 0.264 e. The first-order valence-corrected chi connectivity index (χ1v) is 15.6. The molecule has 3 aromatic rings. The molecular formula is C31H37Cl2N3O4S. The summed E-state index contributed by atoms with van der Waals surface area (Å²) in [5.74, 6) is -0.743. The van der Waals surface area contributed by atoms with Crippen LogP contribution in [0, 0.1) is 26.7 Å². The number of nitrogens with zero attached hydrogens (tertiary/aromatic N) is 2. The van der Waals surface area contributed by atoms with E-state index in [1.54, 1.807) is 50.2 Å².